The van der Waals surface area contributed by atoms with Gasteiger partial charge in [0.25, 0.3) is 0 Å². The van der Waals surface area contributed by atoms with Crippen LogP contribution in [0.5, 0.6) is 0 Å². The Morgan fingerprint density at radius 2 is 0.471 bits per heavy atom. The maximum atomic E-state index is 2.17. The van der Waals surface area contributed by atoms with Gasteiger partial charge in [-0.2, -0.15) is 0 Å². The number of rotatable bonds is 0. The van der Waals surface area contributed by atoms with Crippen molar-refractivity contribution in [3.63, 3.8) is 0 Å². The fourth-order valence-electron chi connectivity index (χ4n) is 0. The van der Waals surface area contributed by atoms with Crippen LogP contribution < -0.4 is 0 Å². The van der Waals surface area contributed by atoms with E-state index in [0.717, 1.165) is 17.8 Å². The van der Waals surface area contributed by atoms with Gasteiger partial charge in [-0.3, -0.25) is 0 Å². The van der Waals surface area contributed by atoms with Crippen LogP contribution >= 0.6 is 0 Å². The van der Waals surface area contributed by atoms with Crippen LogP contribution in [0.1, 0.15) is 83.6 Å². The summed E-state index contributed by atoms with van der Waals surface area (Å²) >= 11 is 0. The molecule has 0 saturated heterocycles. The molecule has 0 aromatic carbocycles. The van der Waals surface area contributed by atoms with E-state index in [0.29, 0.717) is 0 Å². The number of hydrogen-bond donors (Lipinski definition) is 0. The van der Waals surface area contributed by atoms with Gasteiger partial charge in [0.05, 0.1) is 0 Å². The van der Waals surface area contributed by atoms with Crippen molar-refractivity contribution < 1.29 is 20.1 Å². The minimum absolute atomic E-state index is 0. The van der Waals surface area contributed by atoms with E-state index in [1.165, 1.54) is 0 Å². The third-order valence-corrected chi connectivity index (χ3v) is 0. The van der Waals surface area contributed by atoms with Crippen molar-refractivity contribution >= 4 is 0 Å². The quantitative estimate of drug-likeness (QED) is 0.362. The van der Waals surface area contributed by atoms with Crippen LogP contribution in [0.25, 0.3) is 0 Å². The summed E-state index contributed by atoms with van der Waals surface area (Å²) in [5.74, 6) is 2.50. The minimum Gasteiger partial charge on any atom is -0.358 e. The van der Waals surface area contributed by atoms with Gasteiger partial charge in [0, 0.05) is 20.1 Å². The summed E-state index contributed by atoms with van der Waals surface area (Å²) in [5.41, 5.74) is 0. The van der Waals surface area contributed by atoms with Crippen LogP contribution in [0.3, 0.4) is 0 Å². The van der Waals surface area contributed by atoms with Crippen molar-refractivity contribution in [2.45, 2.75) is 83.6 Å². The first-order chi connectivity index (χ1) is 6.20. The summed E-state index contributed by atoms with van der Waals surface area (Å²) < 4.78 is 0. The predicted molar refractivity (Wildman–Crippen MR) is 86.0 cm³/mol. The van der Waals surface area contributed by atoms with Gasteiger partial charge in [-0.25, -0.2) is 0 Å². The third-order valence-electron chi connectivity index (χ3n) is 0. The molecule has 117 valence electrons. The van der Waals surface area contributed by atoms with Gasteiger partial charge in [0.15, 0.2) is 0 Å². The molecule has 0 aromatic heterocycles. The zero-order chi connectivity index (χ0) is 12.7. The first-order valence-corrected chi connectivity index (χ1v) is 6.20. The van der Waals surface area contributed by atoms with E-state index in [9.17, 15) is 0 Å². The molecule has 0 N–H and O–H groups in total. The molecule has 1 radical (unpaired) electrons. The molecule has 0 aliphatic heterocycles. The van der Waals surface area contributed by atoms with Crippen molar-refractivity contribution in [3.8, 4) is 0 Å². The SMILES string of the molecule is C.CC.CC(C)C.CC(C)C.CC(C)C.[CH3-].[Ir]. The Bertz CT molecular complexity index is 34.0. The first-order valence-electron chi connectivity index (χ1n) is 6.20. The van der Waals surface area contributed by atoms with Crippen LogP contribution in [0, 0.1) is 25.2 Å². The van der Waals surface area contributed by atoms with Crippen LogP contribution in [0.4, 0.5) is 0 Å². The van der Waals surface area contributed by atoms with Crippen LogP contribution in [0.2, 0.25) is 0 Å². The summed E-state index contributed by atoms with van der Waals surface area (Å²) in [5, 5.41) is 0. The molecule has 0 atom stereocenters. The van der Waals surface area contributed by atoms with E-state index in [2.05, 4.69) is 62.3 Å². The fraction of sp³-hybridized carbons (Fsp3) is 0.938. The van der Waals surface area contributed by atoms with Crippen molar-refractivity contribution in [2.75, 3.05) is 0 Å². The Labute approximate surface area is 129 Å². The van der Waals surface area contributed by atoms with Gasteiger partial charge in [-0.15, -0.1) is 0 Å². The van der Waals surface area contributed by atoms with Gasteiger partial charge in [0.2, 0.25) is 0 Å². The van der Waals surface area contributed by atoms with Crippen LogP contribution in [-0.4, -0.2) is 0 Å². The molecule has 0 aromatic rings. The first kappa shape index (κ1) is 43.1. The van der Waals surface area contributed by atoms with Crippen LogP contribution in [-0.2, 0) is 20.1 Å². The Hall–Kier alpha value is 0.649. The fourth-order valence-corrected chi connectivity index (χ4v) is 0. The van der Waals surface area contributed by atoms with Crippen molar-refractivity contribution in [2.24, 2.45) is 17.8 Å². The summed E-state index contributed by atoms with van der Waals surface area (Å²) in [4.78, 5) is 0. The molecule has 0 aliphatic carbocycles. The molecule has 0 amide bonds. The average molecular weight is 428 g/mol. The molecule has 0 aliphatic rings. The predicted octanol–water partition coefficient (Wildman–Crippen LogP) is 7.10. The van der Waals surface area contributed by atoms with E-state index >= 15 is 0 Å². The number of hydrogen-bond acceptors (Lipinski definition) is 0. The Balaban J connectivity index is -0.0000000152. The zero-order valence-electron chi connectivity index (χ0n) is 14.1. The molecule has 0 bridgehead atoms. The standard InChI is InChI=1S/3C4H10.C2H6.CH4.CH3.Ir/c3*1-4(2)3;1-2;;;/h3*4H,1-3H3;1-2H3;1H4;1H3;/q;;;;;-1;. The third kappa shape index (κ3) is 8470. The topological polar surface area (TPSA) is 0 Å². The smallest absolute Gasteiger partial charge is 0 e. The maximum absolute atomic E-state index is 2.17. The summed E-state index contributed by atoms with van der Waals surface area (Å²) in [6, 6.07) is 0. The van der Waals surface area contributed by atoms with Crippen molar-refractivity contribution in [1.82, 2.24) is 0 Å². The molecule has 17 heavy (non-hydrogen) atoms. The summed E-state index contributed by atoms with van der Waals surface area (Å²) in [6.45, 7) is 23.5. The summed E-state index contributed by atoms with van der Waals surface area (Å²) in [6.07, 6.45) is 0. The maximum Gasteiger partial charge on any atom is 0 e. The Morgan fingerprint density at radius 3 is 0.471 bits per heavy atom. The molecular weight excluding hydrogens is 384 g/mol. The molecule has 0 nitrogen and oxygen atoms in total. The van der Waals surface area contributed by atoms with Gasteiger partial charge in [-0.05, 0) is 17.8 Å². The van der Waals surface area contributed by atoms with E-state index in [1.807, 2.05) is 13.8 Å². The van der Waals surface area contributed by atoms with E-state index in [-0.39, 0.29) is 35.0 Å². The second kappa shape index (κ2) is 43.8. The zero-order valence-corrected chi connectivity index (χ0v) is 16.5. The average Bonchev–Trinajstić information content (AvgIpc) is 1.86. The van der Waals surface area contributed by atoms with Gasteiger partial charge in [0.1, 0.15) is 0 Å². The van der Waals surface area contributed by atoms with Gasteiger partial charge >= 0.3 is 0 Å². The molecule has 0 spiro atoms. The molecule has 0 heterocycles. The normalized spacial score (nSPS) is 6.71. The molecule has 0 unspecified atom stereocenters. The summed E-state index contributed by atoms with van der Waals surface area (Å²) in [7, 11) is 0. The Kier molecular flexibility index (Phi) is 111. The molecule has 0 saturated carbocycles. The minimum atomic E-state index is 0. The molecular formula is C16H43Ir-. The molecule has 0 rings (SSSR count). The van der Waals surface area contributed by atoms with Gasteiger partial charge < -0.3 is 7.43 Å². The second-order valence-corrected chi connectivity index (χ2v) is 5.20. The van der Waals surface area contributed by atoms with E-state index in [1.54, 1.807) is 0 Å². The van der Waals surface area contributed by atoms with Gasteiger partial charge in [-0.1, -0.05) is 83.6 Å². The van der Waals surface area contributed by atoms with Crippen molar-refractivity contribution in [1.29, 1.82) is 0 Å². The van der Waals surface area contributed by atoms with E-state index in [4.69, 9.17) is 0 Å². The van der Waals surface area contributed by atoms with Crippen molar-refractivity contribution in [3.05, 3.63) is 7.43 Å². The molecule has 1 heteroatoms. The Morgan fingerprint density at radius 1 is 0.471 bits per heavy atom. The molecule has 0 fully saturated rings. The van der Waals surface area contributed by atoms with E-state index < -0.39 is 0 Å². The largest absolute Gasteiger partial charge is 0.358 e. The van der Waals surface area contributed by atoms with Crippen LogP contribution in [0.15, 0.2) is 0 Å². The second-order valence-electron chi connectivity index (χ2n) is 5.20. The monoisotopic (exact) mass is 428 g/mol.